The zero-order valence-electron chi connectivity index (χ0n) is 19.8. The first-order chi connectivity index (χ1) is 14.4. The molecule has 0 amide bonds. The van der Waals surface area contributed by atoms with Crippen LogP contribution in [0, 0.1) is 11.7 Å². The average Bonchev–Trinajstić information content (AvgIpc) is 2.67. The van der Waals surface area contributed by atoms with Crippen molar-refractivity contribution in [2.75, 3.05) is 13.6 Å². The summed E-state index contributed by atoms with van der Waals surface area (Å²) in [4.78, 5) is 14.2. The van der Waals surface area contributed by atoms with Gasteiger partial charge in [-0.1, -0.05) is 58.9 Å². The summed E-state index contributed by atoms with van der Waals surface area (Å²) in [5.74, 6) is 0.0727. The van der Waals surface area contributed by atoms with E-state index in [1.54, 1.807) is 12.1 Å². The topological polar surface area (TPSA) is 29.5 Å². The van der Waals surface area contributed by atoms with Crippen molar-refractivity contribution in [2.45, 2.75) is 104 Å². The van der Waals surface area contributed by atoms with Gasteiger partial charge in [-0.2, -0.15) is 0 Å². The third-order valence-corrected chi connectivity index (χ3v) is 6.71. The van der Waals surface area contributed by atoms with Crippen LogP contribution in [-0.2, 0) is 21.5 Å². The number of esters is 1. The van der Waals surface area contributed by atoms with Crippen molar-refractivity contribution in [3.8, 4) is 0 Å². The Labute approximate surface area is 183 Å². The summed E-state index contributed by atoms with van der Waals surface area (Å²) in [6.07, 6.45) is 9.46. The number of halogens is 1. The second kappa shape index (κ2) is 11.8. The van der Waals surface area contributed by atoms with Crippen molar-refractivity contribution in [3.63, 3.8) is 0 Å². The first-order valence-electron chi connectivity index (χ1n) is 12.0. The molecule has 0 saturated carbocycles. The van der Waals surface area contributed by atoms with E-state index in [4.69, 9.17) is 4.74 Å². The summed E-state index contributed by atoms with van der Waals surface area (Å²) in [6.45, 7) is 9.85. The molecule has 30 heavy (non-hydrogen) atoms. The van der Waals surface area contributed by atoms with Gasteiger partial charge in [0.25, 0.3) is 0 Å². The second-order valence-electron chi connectivity index (χ2n) is 9.34. The fourth-order valence-corrected chi connectivity index (χ4v) is 5.61. The van der Waals surface area contributed by atoms with Crippen LogP contribution in [-0.4, -0.2) is 30.6 Å². The zero-order valence-corrected chi connectivity index (χ0v) is 19.8. The Morgan fingerprint density at radius 3 is 2.50 bits per heavy atom. The zero-order chi connectivity index (χ0) is 22.1. The van der Waals surface area contributed by atoms with E-state index in [9.17, 15) is 9.18 Å². The number of ether oxygens (including phenoxy) is 1. The predicted octanol–water partition coefficient (Wildman–Crippen LogP) is 6.63. The number of carbonyl (C=O) groups is 1. The maximum Gasteiger partial charge on any atom is 0.302 e. The van der Waals surface area contributed by atoms with E-state index < -0.39 is 0 Å². The second-order valence-corrected chi connectivity index (χ2v) is 9.34. The molecule has 0 aliphatic carbocycles. The Morgan fingerprint density at radius 1 is 1.13 bits per heavy atom. The van der Waals surface area contributed by atoms with Gasteiger partial charge in [-0.15, -0.1) is 0 Å². The van der Waals surface area contributed by atoms with Crippen molar-refractivity contribution in [1.82, 2.24) is 4.90 Å². The van der Waals surface area contributed by atoms with Crippen LogP contribution in [0.15, 0.2) is 18.2 Å². The highest BCUT2D eigenvalue weighted by Gasteiger charge is 2.46. The molecule has 3 unspecified atom stereocenters. The quantitative estimate of drug-likeness (QED) is 0.281. The minimum Gasteiger partial charge on any atom is -0.463 e. The van der Waals surface area contributed by atoms with Crippen molar-refractivity contribution in [1.29, 1.82) is 0 Å². The molecule has 1 aliphatic rings. The molecule has 0 N–H and O–H groups in total. The number of likely N-dealkylation sites (N-methyl/N-ethyl adjacent to an activating group) is 1. The molecule has 0 saturated heterocycles. The standard InChI is InChI=1S/C26H42FNO2/c1-6-9-10-13-22(11-7-2)26(17-24(12-8-3)30-20(4)29)19-28(5)18-21-14-15-23(27)16-25(21)26/h14-16,22,24H,6-13,17-19H2,1-5H3. The van der Waals surface area contributed by atoms with Crippen LogP contribution in [0.25, 0.3) is 0 Å². The van der Waals surface area contributed by atoms with E-state index >= 15 is 0 Å². The van der Waals surface area contributed by atoms with E-state index in [-0.39, 0.29) is 23.3 Å². The minimum atomic E-state index is -0.217. The lowest BCUT2D eigenvalue weighted by Crippen LogP contribution is -2.51. The van der Waals surface area contributed by atoms with Gasteiger partial charge in [-0.3, -0.25) is 4.79 Å². The molecule has 0 spiro atoms. The molecule has 2 rings (SSSR count). The number of benzene rings is 1. The van der Waals surface area contributed by atoms with E-state index in [2.05, 4.69) is 32.7 Å². The summed E-state index contributed by atoms with van der Waals surface area (Å²) in [5, 5.41) is 0. The van der Waals surface area contributed by atoms with Crippen LogP contribution in [0.1, 0.15) is 96.6 Å². The molecule has 3 nitrogen and oxygen atoms in total. The van der Waals surface area contributed by atoms with Gasteiger partial charge in [-0.05, 0) is 61.9 Å². The maximum atomic E-state index is 14.5. The average molecular weight is 420 g/mol. The molecular weight excluding hydrogens is 377 g/mol. The number of fused-ring (bicyclic) bond motifs is 1. The number of rotatable bonds is 12. The van der Waals surface area contributed by atoms with Crippen LogP contribution in [0.2, 0.25) is 0 Å². The normalized spacial score (nSPS) is 21.1. The lowest BCUT2D eigenvalue weighted by atomic mass is 9.61. The molecule has 1 aromatic carbocycles. The van der Waals surface area contributed by atoms with Crippen LogP contribution in [0.4, 0.5) is 4.39 Å². The summed E-state index contributed by atoms with van der Waals surface area (Å²) in [7, 11) is 2.16. The highest BCUT2D eigenvalue weighted by atomic mass is 19.1. The Balaban J connectivity index is 2.56. The van der Waals surface area contributed by atoms with Gasteiger partial charge < -0.3 is 9.64 Å². The van der Waals surface area contributed by atoms with Crippen LogP contribution in [0.5, 0.6) is 0 Å². The Kier molecular flexibility index (Phi) is 9.80. The van der Waals surface area contributed by atoms with E-state index in [1.807, 2.05) is 6.07 Å². The number of carbonyl (C=O) groups excluding carboxylic acids is 1. The third-order valence-electron chi connectivity index (χ3n) is 6.71. The van der Waals surface area contributed by atoms with Crippen LogP contribution < -0.4 is 0 Å². The molecular formula is C26H42FNO2. The molecule has 0 aromatic heterocycles. The number of unbranched alkanes of at least 4 members (excludes halogenated alkanes) is 2. The highest BCUT2D eigenvalue weighted by molar-refractivity contribution is 5.66. The fraction of sp³-hybridized carbons (Fsp3) is 0.731. The van der Waals surface area contributed by atoms with Gasteiger partial charge in [0.1, 0.15) is 11.9 Å². The van der Waals surface area contributed by atoms with E-state index in [0.717, 1.165) is 57.2 Å². The van der Waals surface area contributed by atoms with Gasteiger partial charge in [0.15, 0.2) is 0 Å². The summed E-state index contributed by atoms with van der Waals surface area (Å²) in [5.41, 5.74) is 2.19. The third kappa shape index (κ3) is 6.29. The smallest absolute Gasteiger partial charge is 0.302 e. The largest absolute Gasteiger partial charge is 0.463 e. The molecule has 170 valence electrons. The Morgan fingerprint density at radius 2 is 1.87 bits per heavy atom. The lowest BCUT2D eigenvalue weighted by Gasteiger charge is -2.49. The molecule has 0 radical (unpaired) electrons. The van der Waals surface area contributed by atoms with E-state index in [1.165, 1.54) is 31.7 Å². The van der Waals surface area contributed by atoms with Crippen molar-refractivity contribution in [2.24, 2.45) is 5.92 Å². The van der Waals surface area contributed by atoms with Crippen molar-refractivity contribution < 1.29 is 13.9 Å². The van der Waals surface area contributed by atoms with Gasteiger partial charge >= 0.3 is 5.97 Å². The molecule has 3 atom stereocenters. The van der Waals surface area contributed by atoms with Gasteiger partial charge in [-0.25, -0.2) is 4.39 Å². The summed E-state index contributed by atoms with van der Waals surface area (Å²) < 4.78 is 20.3. The SMILES string of the molecule is CCCCCC(CCC)C1(CC(CCC)OC(C)=O)CN(C)Cc2ccc(F)cc21. The minimum absolute atomic E-state index is 0.124. The monoisotopic (exact) mass is 419 g/mol. The van der Waals surface area contributed by atoms with Crippen LogP contribution in [0.3, 0.4) is 0 Å². The summed E-state index contributed by atoms with van der Waals surface area (Å²) >= 11 is 0. The maximum absolute atomic E-state index is 14.5. The number of nitrogens with zero attached hydrogens (tertiary/aromatic N) is 1. The molecule has 4 heteroatoms. The van der Waals surface area contributed by atoms with Crippen LogP contribution >= 0.6 is 0 Å². The fourth-order valence-electron chi connectivity index (χ4n) is 5.61. The number of hydrogen-bond acceptors (Lipinski definition) is 3. The molecule has 1 aromatic rings. The molecule has 0 bridgehead atoms. The van der Waals surface area contributed by atoms with Crippen molar-refractivity contribution >= 4 is 5.97 Å². The molecule has 1 aliphatic heterocycles. The lowest BCUT2D eigenvalue weighted by molar-refractivity contribution is -0.148. The number of hydrogen-bond donors (Lipinski definition) is 0. The predicted molar refractivity (Wildman–Crippen MR) is 122 cm³/mol. The van der Waals surface area contributed by atoms with Crippen molar-refractivity contribution in [3.05, 3.63) is 35.1 Å². The van der Waals surface area contributed by atoms with E-state index in [0.29, 0.717) is 5.92 Å². The Hall–Kier alpha value is -1.42. The highest BCUT2D eigenvalue weighted by Crippen LogP contribution is 2.47. The van der Waals surface area contributed by atoms with Gasteiger partial charge in [0, 0.05) is 25.4 Å². The first kappa shape index (κ1) is 24.8. The van der Waals surface area contributed by atoms with Gasteiger partial charge in [0.05, 0.1) is 0 Å². The molecule has 1 heterocycles. The van der Waals surface area contributed by atoms with Gasteiger partial charge in [0.2, 0.25) is 0 Å². The molecule has 0 fully saturated rings. The Bertz CT molecular complexity index is 677. The first-order valence-corrected chi connectivity index (χ1v) is 12.0. The summed E-state index contributed by atoms with van der Waals surface area (Å²) in [6, 6.07) is 5.33.